The molecule has 0 saturated carbocycles. The van der Waals surface area contributed by atoms with E-state index in [1.54, 1.807) is 6.33 Å². The summed E-state index contributed by atoms with van der Waals surface area (Å²) in [5.41, 5.74) is 1.14. The summed E-state index contributed by atoms with van der Waals surface area (Å²) in [7, 11) is 0. The van der Waals surface area contributed by atoms with Gasteiger partial charge in [-0.25, -0.2) is 9.97 Å². The zero-order valence-electron chi connectivity index (χ0n) is 13.3. The minimum Gasteiger partial charge on any atom is -0.356 e. The Kier molecular flexibility index (Phi) is 5.35. The van der Waals surface area contributed by atoms with Gasteiger partial charge in [0.15, 0.2) is 0 Å². The third-order valence-corrected chi connectivity index (χ3v) is 4.28. The molecule has 1 aromatic heterocycles. The van der Waals surface area contributed by atoms with Gasteiger partial charge in [-0.05, 0) is 38.1 Å². The first-order valence-corrected chi connectivity index (χ1v) is 7.92. The second-order valence-corrected chi connectivity index (χ2v) is 6.15. The van der Waals surface area contributed by atoms with E-state index in [9.17, 15) is 0 Å². The van der Waals surface area contributed by atoms with Gasteiger partial charge in [0.2, 0.25) is 0 Å². The lowest BCUT2D eigenvalue weighted by Crippen LogP contribution is -2.44. The fraction of sp³-hybridized carbons (Fsp3) is 0.750. The molecule has 0 radical (unpaired) electrons. The van der Waals surface area contributed by atoms with Crippen LogP contribution in [0.4, 0.5) is 5.82 Å². The minimum absolute atomic E-state index is 0.456. The first-order chi connectivity index (χ1) is 9.61. The number of nitrogens with one attached hydrogen (secondary N) is 1. The van der Waals surface area contributed by atoms with E-state index in [-0.39, 0.29) is 0 Å². The lowest BCUT2D eigenvalue weighted by Gasteiger charge is -2.36. The number of aromatic nitrogens is 2. The molecule has 1 aliphatic rings. The summed E-state index contributed by atoms with van der Waals surface area (Å²) >= 11 is 0. The summed E-state index contributed by atoms with van der Waals surface area (Å²) in [5, 5.41) is 3.56. The molecule has 2 heterocycles. The van der Waals surface area contributed by atoms with Crippen molar-refractivity contribution in [2.45, 2.75) is 52.5 Å². The van der Waals surface area contributed by atoms with Gasteiger partial charge in [0.05, 0.1) is 0 Å². The van der Waals surface area contributed by atoms with Crippen molar-refractivity contribution in [3.8, 4) is 0 Å². The van der Waals surface area contributed by atoms with Crippen molar-refractivity contribution in [1.29, 1.82) is 0 Å². The molecule has 2 atom stereocenters. The van der Waals surface area contributed by atoms with E-state index in [1.165, 1.54) is 12.8 Å². The molecule has 4 heteroatoms. The number of rotatable bonds is 5. The highest BCUT2D eigenvalue weighted by Crippen LogP contribution is 2.25. The molecule has 0 amide bonds. The molecule has 112 valence electrons. The van der Waals surface area contributed by atoms with Crippen LogP contribution in [-0.2, 0) is 0 Å². The van der Waals surface area contributed by atoms with E-state index >= 15 is 0 Å². The zero-order chi connectivity index (χ0) is 14.5. The Morgan fingerprint density at radius 2 is 2.15 bits per heavy atom. The van der Waals surface area contributed by atoms with Crippen LogP contribution in [0, 0.1) is 5.92 Å². The fourth-order valence-corrected chi connectivity index (χ4v) is 2.96. The Bertz CT molecular complexity index is 419. The van der Waals surface area contributed by atoms with Crippen LogP contribution in [0.25, 0.3) is 0 Å². The molecule has 2 unspecified atom stereocenters. The minimum atomic E-state index is 0.456. The Morgan fingerprint density at radius 1 is 1.35 bits per heavy atom. The maximum absolute atomic E-state index is 4.48. The molecule has 0 aromatic carbocycles. The number of piperidine rings is 1. The van der Waals surface area contributed by atoms with E-state index < -0.39 is 0 Å². The quantitative estimate of drug-likeness (QED) is 0.898. The fourth-order valence-electron chi connectivity index (χ4n) is 2.96. The maximum Gasteiger partial charge on any atom is 0.132 e. The van der Waals surface area contributed by atoms with Crippen LogP contribution in [0.3, 0.4) is 0 Å². The van der Waals surface area contributed by atoms with Gasteiger partial charge < -0.3 is 10.2 Å². The first-order valence-electron chi connectivity index (χ1n) is 7.92. The van der Waals surface area contributed by atoms with Crippen LogP contribution in [0.15, 0.2) is 12.4 Å². The Labute approximate surface area is 123 Å². The Morgan fingerprint density at radius 3 is 2.85 bits per heavy atom. The Hall–Kier alpha value is -1.16. The topological polar surface area (TPSA) is 41.0 Å². The van der Waals surface area contributed by atoms with Crippen LogP contribution in [0.2, 0.25) is 0 Å². The lowest BCUT2D eigenvalue weighted by molar-refractivity contribution is 0.323. The summed E-state index contributed by atoms with van der Waals surface area (Å²) in [6.07, 6.45) is 4.27. The summed E-state index contributed by atoms with van der Waals surface area (Å²) in [6.45, 7) is 12.1. The number of hydrogen-bond donors (Lipinski definition) is 1. The standard InChI is InChI=1S/C16H28N4/c1-5-17-13(4)14-7-6-8-20(10-14)16-9-15(12(2)3)18-11-19-16/h9,11-14,17H,5-8,10H2,1-4H3. The predicted molar refractivity (Wildman–Crippen MR) is 84.2 cm³/mol. The van der Waals surface area contributed by atoms with Crippen molar-refractivity contribution in [3.05, 3.63) is 18.1 Å². The normalized spacial score (nSPS) is 21.2. The van der Waals surface area contributed by atoms with Gasteiger partial charge >= 0.3 is 0 Å². The highest BCUT2D eigenvalue weighted by molar-refractivity contribution is 5.40. The van der Waals surface area contributed by atoms with Crippen molar-refractivity contribution in [3.63, 3.8) is 0 Å². The van der Waals surface area contributed by atoms with Crippen LogP contribution < -0.4 is 10.2 Å². The van der Waals surface area contributed by atoms with Crippen LogP contribution in [-0.4, -0.2) is 35.6 Å². The number of hydrogen-bond acceptors (Lipinski definition) is 4. The highest BCUT2D eigenvalue weighted by Gasteiger charge is 2.25. The SMILES string of the molecule is CCNC(C)C1CCCN(c2cc(C(C)C)ncn2)C1. The monoisotopic (exact) mass is 276 g/mol. The number of anilines is 1. The van der Waals surface area contributed by atoms with Gasteiger partial charge in [-0.2, -0.15) is 0 Å². The average molecular weight is 276 g/mol. The molecule has 0 bridgehead atoms. The third-order valence-electron chi connectivity index (χ3n) is 4.28. The van der Waals surface area contributed by atoms with Gasteiger partial charge in [0.25, 0.3) is 0 Å². The predicted octanol–water partition coefficient (Wildman–Crippen LogP) is 2.81. The summed E-state index contributed by atoms with van der Waals surface area (Å²) in [4.78, 5) is 11.3. The number of nitrogens with zero attached hydrogens (tertiary/aromatic N) is 3. The van der Waals surface area contributed by atoms with Gasteiger partial charge in [0.1, 0.15) is 12.1 Å². The molecule has 1 fully saturated rings. The lowest BCUT2D eigenvalue weighted by atomic mass is 9.91. The third kappa shape index (κ3) is 3.69. The van der Waals surface area contributed by atoms with Crippen LogP contribution >= 0.6 is 0 Å². The van der Waals surface area contributed by atoms with Gasteiger partial charge in [0, 0.05) is 30.9 Å². The molecular weight excluding hydrogens is 248 g/mol. The van der Waals surface area contributed by atoms with Crippen molar-refractivity contribution in [2.24, 2.45) is 5.92 Å². The van der Waals surface area contributed by atoms with Crippen molar-refractivity contribution >= 4 is 5.82 Å². The molecule has 1 N–H and O–H groups in total. The van der Waals surface area contributed by atoms with E-state index in [2.05, 4.69) is 53.9 Å². The molecule has 0 spiro atoms. The maximum atomic E-state index is 4.48. The van der Waals surface area contributed by atoms with Gasteiger partial charge in [-0.3, -0.25) is 0 Å². The summed E-state index contributed by atoms with van der Waals surface area (Å²) < 4.78 is 0. The summed E-state index contributed by atoms with van der Waals surface area (Å²) in [6, 6.07) is 2.74. The summed E-state index contributed by atoms with van der Waals surface area (Å²) in [5.74, 6) is 2.26. The first kappa shape index (κ1) is 15.2. The van der Waals surface area contributed by atoms with E-state index in [0.717, 1.165) is 31.1 Å². The van der Waals surface area contributed by atoms with E-state index in [1.807, 2.05) is 0 Å². The average Bonchev–Trinajstić information content (AvgIpc) is 2.48. The Balaban J connectivity index is 2.06. The van der Waals surface area contributed by atoms with Gasteiger partial charge in [-0.15, -0.1) is 0 Å². The van der Waals surface area contributed by atoms with Crippen molar-refractivity contribution < 1.29 is 0 Å². The van der Waals surface area contributed by atoms with Crippen molar-refractivity contribution in [1.82, 2.24) is 15.3 Å². The molecule has 2 rings (SSSR count). The molecular formula is C16H28N4. The zero-order valence-corrected chi connectivity index (χ0v) is 13.3. The molecule has 20 heavy (non-hydrogen) atoms. The molecule has 1 aliphatic heterocycles. The highest BCUT2D eigenvalue weighted by atomic mass is 15.2. The molecule has 4 nitrogen and oxygen atoms in total. The molecule has 1 aromatic rings. The largest absolute Gasteiger partial charge is 0.356 e. The second kappa shape index (κ2) is 7.02. The van der Waals surface area contributed by atoms with Crippen LogP contribution in [0.5, 0.6) is 0 Å². The molecule has 1 saturated heterocycles. The van der Waals surface area contributed by atoms with Gasteiger partial charge in [-0.1, -0.05) is 20.8 Å². The van der Waals surface area contributed by atoms with E-state index in [0.29, 0.717) is 17.9 Å². The molecule has 0 aliphatic carbocycles. The van der Waals surface area contributed by atoms with Crippen molar-refractivity contribution in [2.75, 3.05) is 24.5 Å². The smallest absolute Gasteiger partial charge is 0.132 e. The van der Waals surface area contributed by atoms with Crippen LogP contribution in [0.1, 0.15) is 52.1 Å². The van der Waals surface area contributed by atoms with E-state index in [4.69, 9.17) is 0 Å². The second-order valence-electron chi connectivity index (χ2n) is 6.15.